The lowest BCUT2D eigenvalue weighted by Gasteiger charge is -2.31. The minimum atomic E-state index is -3.68. The highest BCUT2D eigenvalue weighted by Gasteiger charge is 2.33. The maximum Gasteiger partial charge on any atom is 0.295 e. The molecule has 186 valence electrons. The van der Waals surface area contributed by atoms with Gasteiger partial charge in [0.2, 0.25) is 15.9 Å². The van der Waals surface area contributed by atoms with Crippen molar-refractivity contribution in [2.24, 2.45) is 13.0 Å². The molecule has 0 bridgehead atoms. The number of hydrogen-bond acceptors (Lipinski definition) is 4. The van der Waals surface area contributed by atoms with Gasteiger partial charge < -0.3 is 5.32 Å². The molecule has 1 fully saturated rings. The van der Waals surface area contributed by atoms with Crippen molar-refractivity contribution in [3.63, 3.8) is 0 Å². The molecule has 0 saturated carbocycles. The first-order valence-corrected chi connectivity index (χ1v) is 13.5. The lowest BCUT2D eigenvalue weighted by molar-refractivity contribution is -0.120. The van der Waals surface area contributed by atoms with Crippen LogP contribution in [0.4, 0.5) is 5.69 Å². The Kier molecular flexibility index (Phi) is 7.42. The quantitative estimate of drug-likeness (QED) is 0.515. The molecular weight excluding hydrogens is 511 g/mol. The van der Waals surface area contributed by atoms with Crippen molar-refractivity contribution in [3.05, 3.63) is 80.2 Å². The third-order valence-electron chi connectivity index (χ3n) is 6.28. The molecule has 0 unspecified atom stereocenters. The van der Waals surface area contributed by atoms with Crippen LogP contribution in [0.15, 0.2) is 53.3 Å². The van der Waals surface area contributed by atoms with Crippen molar-refractivity contribution in [1.29, 1.82) is 0 Å². The van der Waals surface area contributed by atoms with Gasteiger partial charge >= 0.3 is 0 Å². The molecule has 0 aliphatic carbocycles. The van der Waals surface area contributed by atoms with E-state index in [4.69, 9.17) is 23.2 Å². The van der Waals surface area contributed by atoms with Crippen LogP contribution in [-0.2, 0) is 27.6 Å². The largest absolute Gasteiger partial charge is 0.320 e. The number of amides is 1. The second kappa shape index (κ2) is 10.2. The molecule has 1 saturated heterocycles. The Morgan fingerprint density at radius 1 is 1.11 bits per heavy atom. The summed E-state index contributed by atoms with van der Waals surface area (Å²) in [7, 11) is -1.93. The van der Waals surface area contributed by atoms with E-state index in [9.17, 15) is 18.0 Å². The van der Waals surface area contributed by atoms with Crippen molar-refractivity contribution < 1.29 is 13.2 Å². The fourth-order valence-electron chi connectivity index (χ4n) is 4.28. The van der Waals surface area contributed by atoms with Crippen molar-refractivity contribution in [2.75, 3.05) is 18.4 Å². The van der Waals surface area contributed by atoms with Gasteiger partial charge in [-0.1, -0.05) is 47.5 Å². The Balaban J connectivity index is 1.50. The summed E-state index contributed by atoms with van der Waals surface area (Å²) < 4.78 is 30.6. The van der Waals surface area contributed by atoms with Crippen LogP contribution in [0.2, 0.25) is 10.0 Å². The number of nitrogens with one attached hydrogen (secondary N) is 1. The highest BCUT2D eigenvalue weighted by molar-refractivity contribution is 7.88. The second-order valence-corrected chi connectivity index (χ2v) is 11.4. The standard InChI is InChI=1S/C24H26Cl2N4O4S/c1-16-22(24(32)30(28(16)2)19-8-4-3-5-9-19)27-23(31)18-7-6-12-29(14-18)35(33,34)15-17-10-11-20(25)21(26)13-17/h3-5,8-11,13,18H,6-7,12,14-15H2,1-2H3,(H,27,31)/t18-/m0/s1. The molecule has 4 rings (SSSR count). The normalized spacial score (nSPS) is 16.9. The van der Waals surface area contributed by atoms with Gasteiger partial charge in [0.25, 0.3) is 5.56 Å². The Labute approximate surface area is 214 Å². The van der Waals surface area contributed by atoms with Gasteiger partial charge in [0.1, 0.15) is 5.69 Å². The number of anilines is 1. The van der Waals surface area contributed by atoms with Crippen LogP contribution in [0.3, 0.4) is 0 Å². The number of piperidine rings is 1. The maximum atomic E-state index is 13.1. The summed E-state index contributed by atoms with van der Waals surface area (Å²) in [4.78, 5) is 26.2. The molecule has 0 radical (unpaired) electrons. The highest BCUT2D eigenvalue weighted by atomic mass is 35.5. The molecule has 1 atom stereocenters. The summed E-state index contributed by atoms with van der Waals surface area (Å²) in [6, 6.07) is 13.9. The summed E-state index contributed by atoms with van der Waals surface area (Å²) in [5.41, 5.74) is 1.65. The lowest BCUT2D eigenvalue weighted by atomic mass is 9.99. The molecule has 11 heteroatoms. The number of benzene rings is 2. The average Bonchev–Trinajstić information content (AvgIpc) is 3.05. The Morgan fingerprint density at radius 2 is 1.83 bits per heavy atom. The summed E-state index contributed by atoms with van der Waals surface area (Å²) in [6.07, 6.45) is 1.07. The van der Waals surface area contributed by atoms with Gasteiger partial charge in [0, 0.05) is 20.1 Å². The number of carbonyl (C=O) groups excluding carboxylic acids is 1. The van der Waals surface area contributed by atoms with E-state index in [1.165, 1.54) is 15.1 Å². The zero-order chi connectivity index (χ0) is 25.3. The number of halogens is 2. The van der Waals surface area contributed by atoms with Crippen LogP contribution >= 0.6 is 23.2 Å². The second-order valence-electron chi connectivity index (χ2n) is 8.63. The van der Waals surface area contributed by atoms with E-state index >= 15 is 0 Å². The monoisotopic (exact) mass is 536 g/mol. The summed E-state index contributed by atoms with van der Waals surface area (Å²) in [6.45, 7) is 2.14. The minimum Gasteiger partial charge on any atom is -0.320 e. The van der Waals surface area contributed by atoms with Gasteiger partial charge in [-0.2, -0.15) is 0 Å². The number of aromatic nitrogens is 2. The van der Waals surface area contributed by atoms with Crippen molar-refractivity contribution in [3.8, 4) is 5.69 Å². The van der Waals surface area contributed by atoms with E-state index in [-0.39, 0.29) is 34.5 Å². The van der Waals surface area contributed by atoms with Gasteiger partial charge in [-0.05, 0) is 49.6 Å². The van der Waals surface area contributed by atoms with Crippen LogP contribution in [0.1, 0.15) is 24.1 Å². The molecule has 1 aliphatic rings. The van der Waals surface area contributed by atoms with E-state index < -0.39 is 15.9 Å². The molecule has 2 aromatic carbocycles. The fraction of sp³-hybridized carbons (Fsp3) is 0.333. The van der Waals surface area contributed by atoms with Crippen LogP contribution in [0.5, 0.6) is 0 Å². The topological polar surface area (TPSA) is 93.4 Å². The summed E-state index contributed by atoms with van der Waals surface area (Å²) in [5.74, 6) is -1.18. The SMILES string of the molecule is Cc1c(NC(=O)[C@H]2CCCN(S(=O)(=O)Cc3ccc(Cl)c(Cl)c3)C2)c(=O)n(-c2ccccc2)n1C. The first-order valence-electron chi connectivity index (χ1n) is 11.1. The van der Waals surface area contributed by atoms with Gasteiger partial charge in [0.15, 0.2) is 0 Å². The summed E-state index contributed by atoms with van der Waals surface area (Å²) >= 11 is 12.0. The minimum absolute atomic E-state index is 0.0498. The molecular formula is C24H26Cl2N4O4S. The molecule has 0 spiro atoms. The maximum absolute atomic E-state index is 13.1. The fourth-order valence-corrected chi connectivity index (χ4v) is 6.20. The molecule has 35 heavy (non-hydrogen) atoms. The molecule has 1 aromatic heterocycles. The smallest absolute Gasteiger partial charge is 0.295 e. The van der Waals surface area contributed by atoms with E-state index in [1.54, 1.807) is 30.8 Å². The average molecular weight is 537 g/mol. The van der Waals surface area contributed by atoms with Crippen LogP contribution in [-0.4, -0.2) is 41.1 Å². The number of hydrogen-bond donors (Lipinski definition) is 1. The molecule has 3 aromatic rings. The molecule has 8 nitrogen and oxygen atoms in total. The lowest BCUT2D eigenvalue weighted by Crippen LogP contribution is -2.44. The van der Waals surface area contributed by atoms with Crippen molar-refractivity contribution in [1.82, 2.24) is 13.7 Å². The van der Waals surface area contributed by atoms with Crippen LogP contribution < -0.4 is 10.9 Å². The predicted molar refractivity (Wildman–Crippen MR) is 138 cm³/mol. The molecule has 2 heterocycles. The van der Waals surface area contributed by atoms with E-state index in [0.29, 0.717) is 41.4 Å². The van der Waals surface area contributed by atoms with Gasteiger partial charge in [-0.3, -0.25) is 14.3 Å². The Hall–Kier alpha value is -2.59. The van der Waals surface area contributed by atoms with E-state index in [0.717, 1.165) is 0 Å². The van der Waals surface area contributed by atoms with Gasteiger partial charge in [-0.15, -0.1) is 0 Å². The number of nitrogens with zero attached hydrogens (tertiary/aromatic N) is 3. The Morgan fingerprint density at radius 3 is 2.51 bits per heavy atom. The van der Waals surface area contributed by atoms with Crippen LogP contribution in [0.25, 0.3) is 5.69 Å². The zero-order valence-corrected chi connectivity index (χ0v) is 21.7. The molecule has 1 amide bonds. The number of sulfonamides is 1. The third kappa shape index (κ3) is 5.33. The van der Waals surface area contributed by atoms with Gasteiger partial charge in [0.05, 0.1) is 33.1 Å². The molecule has 1 N–H and O–H groups in total. The molecule has 1 aliphatic heterocycles. The van der Waals surface area contributed by atoms with Crippen molar-refractivity contribution >= 4 is 44.8 Å². The Bertz CT molecular complexity index is 1420. The van der Waals surface area contributed by atoms with E-state index in [2.05, 4.69) is 5.32 Å². The highest BCUT2D eigenvalue weighted by Crippen LogP contribution is 2.26. The first kappa shape index (κ1) is 25.5. The number of para-hydroxylation sites is 1. The predicted octanol–water partition coefficient (Wildman–Crippen LogP) is 3.97. The third-order valence-corrected chi connectivity index (χ3v) is 8.84. The zero-order valence-electron chi connectivity index (χ0n) is 19.4. The van der Waals surface area contributed by atoms with Gasteiger partial charge in [-0.25, -0.2) is 17.4 Å². The van der Waals surface area contributed by atoms with Crippen LogP contribution in [0, 0.1) is 12.8 Å². The number of rotatable bonds is 6. The first-order chi connectivity index (χ1) is 16.6. The van der Waals surface area contributed by atoms with E-state index in [1.807, 2.05) is 30.3 Å². The number of carbonyl (C=O) groups is 1. The van der Waals surface area contributed by atoms with Crippen molar-refractivity contribution in [2.45, 2.75) is 25.5 Å². The summed E-state index contributed by atoms with van der Waals surface area (Å²) in [5, 5.41) is 3.41.